The van der Waals surface area contributed by atoms with Gasteiger partial charge in [-0.3, -0.25) is 9.78 Å². The van der Waals surface area contributed by atoms with Gasteiger partial charge < -0.3 is 10.4 Å². The van der Waals surface area contributed by atoms with Crippen LogP contribution in [-0.2, 0) is 6.54 Å². The molecule has 0 aliphatic heterocycles. The SMILES string of the molecule is O=C(NCc1ccncc1)c1sccc1C#CCCO. The van der Waals surface area contributed by atoms with Crippen molar-refractivity contribution in [3.8, 4) is 11.8 Å². The molecule has 2 N–H and O–H groups in total. The van der Waals surface area contributed by atoms with Gasteiger partial charge >= 0.3 is 0 Å². The molecule has 5 heteroatoms. The second kappa shape index (κ2) is 7.43. The number of aliphatic hydroxyl groups is 1. The molecule has 0 saturated heterocycles. The maximum atomic E-state index is 12.1. The predicted molar refractivity (Wildman–Crippen MR) is 78.3 cm³/mol. The molecule has 20 heavy (non-hydrogen) atoms. The van der Waals surface area contributed by atoms with E-state index in [1.54, 1.807) is 12.4 Å². The summed E-state index contributed by atoms with van der Waals surface area (Å²) in [7, 11) is 0. The van der Waals surface area contributed by atoms with Crippen LogP contribution in [0.2, 0.25) is 0 Å². The Balaban J connectivity index is 2.00. The number of aliphatic hydroxyl groups excluding tert-OH is 1. The van der Waals surface area contributed by atoms with E-state index in [0.29, 0.717) is 23.4 Å². The summed E-state index contributed by atoms with van der Waals surface area (Å²) in [6, 6.07) is 5.53. The van der Waals surface area contributed by atoms with E-state index in [1.165, 1.54) is 11.3 Å². The highest BCUT2D eigenvalue weighted by Crippen LogP contribution is 2.15. The maximum Gasteiger partial charge on any atom is 0.262 e. The van der Waals surface area contributed by atoms with E-state index in [2.05, 4.69) is 22.1 Å². The lowest BCUT2D eigenvalue weighted by Crippen LogP contribution is -2.22. The number of nitrogens with zero attached hydrogens (tertiary/aromatic N) is 1. The zero-order chi connectivity index (χ0) is 14.2. The number of pyridine rings is 1. The zero-order valence-electron chi connectivity index (χ0n) is 10.8. The van der Waals surface area contributed by atoms with E-state index >= 15 is 0 Å². The smallest absolute Gasteiger partial charge is 0.262 e. The molecule has 2 aromatic heterocycles. The first-order valence-electron chi connectivity index (χ1n) is 6.15. The fourth-order valence-corrected chi connectivity index (χ4v) is 2.33. The average molecular weight is 286 g/mol. The Kier molecular flexibility index (Phi) is 5.30. The molecule has 0 aromatic carbocycles. The third-order valence-corrected chi connectivity index (χ3v) is 3.45. The number of hydrogen-bond donors (Lipinski definition) is 2. The van der Waals surface area contributed by atoms with Crippen LogP contribution in [-0.4, -0.2) is 22.6 Å². The van der Waals surface area contributed by atoms with Crippen molar-refractivity contribution in [3.05, 3.63) is 52.0 Å². The quantitative estimate of drug-likeness (QED) is 0.843. The maximum absolute atomic E-state index is 12.1. The van der Waals surface area contributed by atoms with E-state index in [-0.39, 0.29) is 12.5 Å². The van der Waals surface area contributed by atoms with E-state index in [1.807, 2.05) is 23.6 Å². The highest BCUT2D eigenvalue weighted by atomic mass is 32.1. The normalized spacial score (nSPS) is 9.65. The number of thiophene rings is 1. The van der Waals surface area contributed by atoms with Crippen LogP contribution in [0.1, 0.15) is 27.2 Å². The lowest BCUT2D eigenvalue weighted by atomic mass is 10.2. The Morgan fingerprint density at radius 3 is 2.90 bits per heavy atom. The molecular formula is C15H14N2O2S. The van der Waals surface area contributed by atoms with Crippen LogP contribution in [0.5, 0.6) is 0 Å². The van der Waals surface area contributed by atoms with Gasteiger partial charge in [-0.15, -0.1) is 11.3 Å². The summed E-state index contributed by atoms with van der Waals surface area (Å²) in [6.07, 6.45) is 3.80. The molecule has 0 bridgehead atoms. The number of nitrogens with one attached hydrogen (secondary N) is 1. The van der Waals surface area contributed by atoms with Crippen LogP contribution in [0.15, 0.2) is 36.0 Å². The van der Waals surface area contributed by atoms with Crippen LogP contribution >= 0.6 is 11.3 Å². The minimum Gasteiger partial charge on any atom is -0.395 e. The van der Waals surface area contributed by atoms with Crippen molar-refractivity contribution in [1.29, 1.82) is 0 Å². The molecule has 2 heterocycles. The van der Waals surface area contributed by atoms with Gasteiger partial charge in [-0.1, -0.05) is 11.8 Å². The van der Waals surface area contributed by atoms with Gasteiger partial charge in [0.25, 0.3) is 5.91 Å². The molecule has 0 saturated carbocycles. The topological polar surface area (TPSA) is 62.2 Å². The monoisotopic (exact) mass is 286 g/mol. The van der Waals surface area contributed by atoms with Gasteiger partial charge in [-0.25, -0.2) is 0 Å². The van der Waals surface area contributed by atoms with Crippen molar-refractivity contribution >= 4 is 17.2 Å². The minimum absolute atomic E-state index is 0.0285. The van der Waals surface area contributed by atoms with Crippen molar-refractivity contribution in [3.63, 3.8) is 0 Å². The van der Waals surface area contributed by atoms with Crippen molar-refractivity contribution in [2.45, 2.75) is 13.0 Å². The molecule has 0 aliphatic carbocycles. The third kappa shape index (κ3) is 3.92. The molecule has 0 radical (unpaired) electrons. The molecule has 2 aromatic rings. The molecular weight excluding hydrogens is 272 g/mol. The molecule has 2 rings (SSSR count). The molecule has 0 fully saturated rings. The zero-order valence-corrected chi connectivity index (χ0v) is 11.6. The van der Waals surface area contributed by atoms with Gasteiger partial charge in [-0.2, -0.15) is 0 Å². The summed E-state index contributed by atoms with van der Waals surface area (Å²) in [5, 5.41) is 13.4. The van der Waals surface area contributed by atoms with E-state index < -0.39 is 0 Å². The van der Waals surface area contributed by atoms with E-state index in [9.17, 15) is 4.79 Å². The summed E-state index contributed by atoms with van der Waals surface area (Å²) < 4.78 is 0. The van der Waals surface area contributed by atoms with Crippen LogP contribution in [0.25, 0.3) is 0 Å². The average Bonchev–Trinajstić information content (AvgIpc) is 2.95. The number of aromatic nitrogens is 1. The summed E-state index contributed by atoms with van der Waals surface area (Å²) in [5.74, 6) is 5.59. The summed E-state index contributed by atoms with van der Waals surface area (Å²) >= 11 is 1.36. The number of carbonyl (C=O) groups excluding carboxylic acids is 1. The molecule has 0 unspecified atom stereocenters. The largest absolute Gasteiger partial charge is 0.395 e. The Morgan fingerprint density at radius 1 is 1.35 bits per heavy atom. The minimum atomic E-state index is -0.134. The lowest BCUT2D eigenvalue weighted by Gasteiger charge is -2.03. The molecule has 0 aliphatic rings. The second-order valence-corrected chi connectivity index (χ2v) is 4.89. The van der Waals surface area contributed by atoms with Crippen LogP contribution in [0, 0.1) is 11.8 Å². The number of carbonyl (C=O) groups is 1. The van der Waals surface area contributed by atoms with Crippen LogP contribution in [0.3, 0.4) is 0 Å². The molecule has 0 atom stereocenters. The summed E-state index contributed by atoms with van der Waals surface area (Å²) in [4.78, 5) is 16.6. The van der Waals surface area contributed by atoms with Crippen molar-refractivity contribution in [2.24, 2.45) is 0 Å². The van der Waals surface area contributed by atoms with Gasteiger partial charge in [-0.05, 0) is 29.1 Å². The van der Waals surface area contributed by atoms with Gasteiger partial charge in [0, 0.05) is 30.9 Å². The fourth-order valence-electron chi connectivity index (χ4n) is 1.56. The summed E-state index contributed by atoms with van der Waals surface area (Å²) in [5.41, 5.74) is 1.70. The summed E-state index contributed by atoms with van der Waals surface area (Å²) in [6.45, 7) is 0.490. The Morgan fingerprint density at radius 2 is 2.15 bits per heavy atom. The fraction of sp³-hybridized carbons (Fsp3) is 0.200. The van der Waals surface area contributed by atoms with E-state index in [0.717, 1.165) is 5.56 Å². The van der Waals surface area contributed by atoms with Gasteiger partial charge in [0.15, 0.2) is 0 Å². The number of rotatable bonds is 4. The highest BCUT2D eigenvalue weighted by molar-refractivity contribution is 7.12. The number of hydrogen-bond acceptors (Lipinski definition) is 4. The van der Waals surface area contributed by atoms with Crippen molar-refractivity contribution in [2.75, 3.05) is 6.61 Å². The van der Waals surface area contributed by atoms with Gasteiger partial charge in [0.2, 0.25) is 0 Å². The molecule has 102 valence electrons. The van der Waals surface area contributed by atoms with Crippen molar-refractivity contribution < 1.29 is 9.90 Å². The Labute approximate surface area is 121 Å². The lowest BCUT2D eigenvalue weighted by molar-refractivity contribution is 0.0955. The standard InChI is InChI=1S/C15H14N2O2S/c18-9-2-1-3-13-6-10-20-14(13)15(19)17-11-12-4-7-16-8-5-12/h4-8,10,18H,2,9,11H2,(H,17,19). The number of amides is 1. The highest BCUT2D eigenvalue weighted by Gasteiger charge is 2.11. The predicted octanol–water partition coefficient (Wildman–Crippen LogP) is 1.81. The molecule has 1 amide bonds. The third-order valence-electron chi connectivity index (χ3n) is 2.53. The Bertz CT molecular complexity index is 626. The van der Waals surface area contributed by atoms with Crippen LogP contribution < -0.4 is 5.32 Å². The van der Waals surface area contributed by atoms with Crippen LogP contribution in [0.4, 0.5) is 0 Å². The first kappa shape index (κ1) is 14.3. The van der Waals surface area contributed by atoms with Crippen molar-refractivity contribution in [1.82, 2.24) is 10.3 Å². The van der Waals surface area contributed by atoms with E-state index in [4.69, 9.17) is 5.11 Å². The van der Waals surface area contributed by atoms with Gasteiger partial charge in [0.05, 0.1) is 6.61 Å². The first-order valence-corrected chi connectivity index (χ1v) is 7.03. The van der Waals surface area contributed by atoms with Gasteiger partial charge in [0.1, 0.15) is 4.88 Å². The molecule has 0 spiro atoms. The molecule has 4 nitrogen and oxygen atoms in total. The Hall–Kier alpha value is -2.16. The second-order valence-electron chi connectivity index (χ2n) is 3.98. The first-order chi connectivity index (χ1) is 9.81.